The van der Waals surface area contributed by atoms with Crippen LogP contribution in [-0.2, 0) is 7.05 Å². The third kappa shape index (κ3) is 6.38. The molecule has 5 rings (SSSR count). The number of aryl methyl sites for hydroxylation is 1. The van der Waals surface area contributed by atoms with E-state index in [4.69, 9.17) is 6.57 Å². The maximum Gasteiger partial charge on any atom is 0.573 e. The highest BCUT2D eigenvalue weighted by Crippen LogP contribution is 2.34. The molecule has 0 saturated carbocycles. The summed E-state index contributed by atoms with van der Waals surface area (Å²) in [4.78, 5) is 30.5. The van der Waals surface area contributed by atoms with E-state index >= 15 is 0 Å². The highest BCUT2D eigenvalue weighted by atomic mass is 19.4. The zero-order chi connectivity index (χ0) is 30.2. The van der Waals surface area contributed by atoms with Crippen molar-refractivity contribution < 1.29 is 17.9 Å². The van der Waals surface area contributed by atoms with Crippen LogP contribution < -0.4 is 15.2 Å². The first-order chi connectivity index (χ1) is 19.9. The smallest absolute Gasteiger partial charge is 0.406 e. The van der Waals surface area contributed by atoms with Crippen LogP contribution in [0.3, 0.4) is 0 Å². The van der Waals surface area contributed by atoms with Crippen LogP contribution in [0.5, 0.6) is 5.75 Å². The summed E-state index contributed by atoms with van der Waals surface area (Å²) in [6.45, 7) is 17.6. The number of benzene rings is 1. The molecule has 42 heavy (non-hydrogen) atoms. The predicted octanol–water partition coefficient (Wildman–Crippen LogP) is 4.27. The summed E-state index contributed by atoms with van der Waals surface area (Å²) in [5, 5.41) is 0. The lowest BCUT2D eigenvalue weighted by molar-refractivity contribution is -0.274. The molecule has 0 N–H and O–H groups in total. The van der Waals surface area contributed by atoms with Crippen LogP contribution in [0.1, 0.15) is 25.5 Å². The third-order valence-corrected chi connectivity index (χ3v) is 8.52. The van der Waals surface area contributed by atoms with Gasteiger partial charge in [0.15, 0.2) is 0 Å². The van der Waals surface area contributed by atoms with Gasteiger partial charge in [-0.25, -0.2) is 0 Å². The van der Waals surface area contributed by atoms with Gasteiger partial charge in [0.25, 0.3) is 11.4 Å². The second kappa shape index (κ2) is 11.9. The molecule has 0 amide bonds. The van der Waals surface area contributed by atoms with Crippen molar-refractivity contribution in [1.29, 1.82) is 0 Å². The van der Waals surface area contributed by atoms with Crippen molar-refractivity contribution >= 4 is 22.5 Å². The molecule has 2 fully saturated rings. The molecule has 4 heterocycles. The SMILES string of the molecule is [C-]#[N+]c1ccc2c(n1)c(N1C[C@@H](CN3CCN(C)CC3)N(C(C)c3ccc(OC(F)(F)F)cc3)C[C@@H]1C)cc(=O)n2C. The van der Waals surface area contributed by atoms with Gasteiger partial charge in [0.05, 0.1) is 11.2 Å². The lowest BCUT2D eigenvalue weighted by atomic mass is 9.98. The fourth-order valence-corrected chi connectivity index (χ4v) is 6.09. The Labute approximate surface area is 243 Å². The van der Waals surface area contributed by atoms with E-state index in [9.17, 15) is 18.0 Å². The third-order valence-electron chi connectivity index (χ3n) is 8.52. The second-order valence-electron chi connectivity index (χ2n) is 11.3. The molecule has 2 saturated heterocycles. The predicted molar refractivity (Wildman–Crippen MR) is 156 cm³/mol. The van der Waals surface area contributed by atoms with E-state index in [1.165, 1.54) is 12.1 Å². The van der Waals surface area contributed by atoms with E-state index in [0.29, 0.717) is 24.1 Å². The Morgan fingerprint density at radius 3 is 2.40 bits per heavy atom. The first-order valence-corrected chi connectivity index (χ1v) is 14.1. The van der Waals surface area contributed by atoms with Crippen molar-refractivity contribution in [2.24, 2.45) is 7.05 Å². The average Bonchev–Trinajstić information content (AvgIpc) is 2.96. The number of hydrogen-bond acceptors (Lipinski definition) is 7. The number of alkyl halides is 3. The molecule has 3 atom stereocenters. The van der Waals surface area contributed by atoms with Gasteiger partial charge >= 0.3 is 6.36 Å². The van der Waals surface area contributed by atoms with Crippen LogP contribution in [0.15, 0.2) is 47.3 Å². The van der Waals surface area contributed by atoms with Gasteiger partial charge in [-0.1, -0.05) is 18.7 Å². The zero-order valence-electron chi connectivity index (χ0n) is 24.3. The van der Waals surface area contributed by atoms with Gasteiger partial charge in [-0.05, 0) is 50.7 Å². The quantitative estimate of drug-likeness (QED) is 0.402. The molecular formula is C30H36F3N7O2. The number of fused-ring (bicyclic) bond motifs is 1. The van der Waals surface area contributed by atoms with E-state index in [1.54, 1.807) is 41.9 Å². The molecule has 2 aliphatic heterocycles. The Balaban J connectivity index is 1.48. The molecular weight excluding hydrogens is 547 g/mol. The Kier molecular flexibility index (Phi) is 8.46. The summed E-state index contributed by atoms with van der Waals surface area (Å²) in [6, 6.07) is 11.1. The summed E-state index contributed by atoms with van der Waals surface area (Å²) in [5.41, 5.74) is 2.77. The van der Waals surface area contributed by atoms with Crippen LogP contribution in [0.2, 0.25) is 0 Å². The summed E-state index contributed by atoms with van der Waals surface area (Å²) in [6.07, 6.45) is -4.74. The van der Waals surface area contributed by atoms with Crippen LogP contribution in [-0.4, -0.2) is 95.6 Å². The van der Waals surface area contributed by atoms with Gasteiger partial charge in [-0.15, -0.1) is 18.2 Å². The van der Waals surface area contributed by atoms with Gasteiger partial charge in [0.1, 0.15) is 5.75 Å². The minimum Gasteiger partial charge on any atom is -0.406 e. The number of anilines is 1. The minimum atomic E-state index is -4.74. The normalized spacial score (nSPS) is 21.8. The summed E-state index contributed by atoms with van der Waals surface area (Å²) >= 11 is 0. The van der Waals surface area contributed by atoms with Gasteiger partial charge in [0.2, 0.25) is 5.52 Å². The molecule has 0 aliphatic carbocycles. The van der Waals surface area contributed by atoms with Crippen molar-refractivity contribution in [2.45, 2.75) is 38.3 Å². The molecule has 2 aliphatic rings. The van der Waals surface area contributed by atoms with Gasteiger partial charge in [-0.3, -0.25) is 14.6 Å². The summed E-state index contributed by atoms with van der Waals surface area (Å²) in [7, 11) is 3.82. The first-order valence-electron chi connectivity index (χ1n) is 14.1. The van der Waals surface area contributed by atoms with Crippen LogP contribution in [0, 0.1) is 6.57 Å². The Morgan fingerprint density at radius 1 is 1.07 bits per heavy atom. The van der Waals surface area contributed by atoms with E-state index in [0.717, 1.165) is 44.0 Å². The van der Waals surface area contributed by atoms with Crippen LogP contribution in [0.4, 0.5) is 24.7 Å². The van der Waals surface area contributed by atoms with E-state index in [-0.39, 0.29) is 35.3 Å². The number of piperazine rings is 2. The van der Waals surface area contributed by atoms with Crippen molar-refractivity contribution in [2.75, 3.05) is 57.8 Å². The lowest BCUT2D eigenvalue weighted by Crippen LogP contribution is -2.62. The maximum absolute atomic E-state index is 13.0. The molecule has 2 aromatic heterocycles. The first kappa shape index (κ1) is 29.8. The monoisotopic (exact) mass is 583 g/mol. The number of rotatable bonds is 6. The van der Waals surface area contributed by atoms with Crippen molar-refractivity contribution in [3.05, 3.63) is 69.8 Å². The number of aromatic nitrogens is 2. The number of likely N-dealkylation sites (N-methyl/N-ethyl adjacent to an activating group) is 1. The van der Waals surface area contributed by atoms with Crippen molar-refractivity contribution in [3.63, 3.8) is 0 Å². The van der Waals surface area contributed by atoms with Gasteiger partial charge in [0, 0.05) is 77.1 Å². The number of halogens is 3. The van der Waals surface area contributed by atoms with E-state index in [1.807, 2.05) is 0 Å². The Hall–Kier alpha value is -3.66. The zero-order valence-corrected chi connectivity index (χ0v) is 24.3. The highest BCUT2D eigenvalue weighted by molar-refractivity contribution is 5.89. The molecule has 0 bridgehead atoms. The molecule has 1 unspecified atom stereocenters. The number of nitrogens with zero attached hydrogens (tertiary/aromatic N) is 7. The number of pyridine rings is 2. The van der Waals surface area contributed by atoms with Gasteiger partial charge in [-0.2, -0.15) is 0 Å². The molecule has 12 heteroatoms. The van der Waals surface area contributed by atoms with Crippen molar-refractivity contribution in [3.8, 4) is 5.75 Å². The number of hydrogen-bond donors (Lipinski definition) is 0. The van der Waals surface area contributed by atoms with Crippen molar-refractivity contribution in [1.82, 2.24) is 24.3 Å². The van der Waals surface area contributed by atoms with Crippen LogP contribution in [0.25, 0.3) is 15.9 Å². The summed E-state index contributed by atoms with van der Waals surface area (Å²) in [5.74, 6) is 0.0312. The lowest BCUT2D eigenvalue weighted by Gasteiger charge is -2.50. The molecule has 9 nitrogen and oxygen atoms in total. The molecule has 0 spiro atoms. The fourth-order valence-electron chi connectivity index (χ4n) is 6.09. The van der Waals surface area contributed by atoms with Gasteiger partial charge < -0.3 is 23.9 Å². The van der Waals surface area contributed by atoms with E-state index < -0.39 is 6.36 Å². The molecule has 0 radical (unpaired) electrons. The summed E-state index contributed by atoms with van der Waals surface area (Å²) < 4.78 is 43.8. The highest BCUT2D eigenvalue weighted by Gasteiger charge is 2.38. The number of ether oxygens (including phenoxy) is 1. The fraction of sp³-hybridized carbons (Fsp3) is 0.500. The second-order valence-corrected chi connectivity index (χ2v) is 11.3. The largest absolute Gasteiger partial charge is 0.573 e. The molecule has 224 valence electrons. The van der Waals surface area contributed by atoms with Crippen LogP contribution >= 0.6 is 0 Å². The Morgan fingerprint density at radius 2 is 1.76 bits per heavy atom. The maximum atomic E-state index is 13.0. The molecule has 3 aromatic rings. The van der Waals surface area contributed by atoms with E-state index in [2.05, 4.69) is 55.1 Å². The topological polar surface area (TPSA) is 61.4 Å². The Bertz CT molecular complexity index is 1510. The minimum absolute atomic E-state index is 0.00210. The average molecular weight is 584 g/mol. The molecule has 1 aromatic carbocycles. The standard InChI is InChI=1S/C30H36F3N7O2/c1-20-17-40(21(2)22-6-8-24(9-7-22)42-30(31,32)33)23(18-38-14-12-36(4)13-15-38)19-39(20)26-16-28(41)37(5)25-10-11-27(34-3)35-29(25)26/h6-11,16,20-21,23H,12-15,17-19H2,1-2,4-5H3/t20-,21?,23+/m0/s1.